The number of carboxylic acids is 1. The Morgan fingerprint density at radius 1 is 0.889 bits per heavy atom. The number of nitrogens with zero attached hydrogens (tertiary/aromatic N) is 1. The minimum Gasteiger partial charge on any atom is -0.481 e. The van der Waals surface area contributed by atoms with Crippen LogP contribution in [0.25, 0.3) is 5.57 Å². The SMILES string of the molecule is CC(C)(C(=O)O)c1ccc2c(c1)C2(O)CCCN1CCC(=C(c2ccccc2)c2ccccc2)CC1. The first-order valence-electron chi connectivity index (χ1n) is 13.0. The summed E-state index contributed by atoms with van der Waals surface area (Å²) in [6.45, 7) is 6.43. The minimum atomic E-state index is -0.962. The third kappa shape index (κ3) is 4.63. The van der Waals surface area contributed by atoms with Crippen molar-refractivity contribution in [2.75, 3.05) is 19.6 Å². The maximum absolute atomic E-state index is 11.6. The second kappa shape index (κ2) is 9.68. The Bertz CT molecular complexity index is 1230. The molecule has 0 radical (unpaired) electrons. The van der Waals surface area contributed by atoms with E-state index in [1.54, 1.807) is 13.8 Å². The van der Waals surface area contributed by atoms with E-state index in [0.717, 1.165) is 55.6 Å². The van der Waals surface area contributed by atoms with E-state index >= 15 is 0 Å². The standard InChI is InChI=1S/C32H35NO3/c1-31(2,30(34)35)26-14-15-27-28(22-26)32(27,36)18-9-19-33-20-16-25(17-21-33)29(23-10-5-3-6-11-23)24-12-7-4-8-13-24/h3-8,10-15,22,36H,9,16-21H2,1-2H3,(H,34,35). The predicted octanol–water partition coefficient (Wildman–Crippen LogP) is 5.98. The van der Waals surface area contributed by atoms with Crippen LogP contribution in [0.15, 0.2) is 84.4 Å². The fourth-order valence-corrected chi connectivity index (χ4v) is 5.58. The lowest BCUT2D eigenvalue weighted by Gasteiger charge is -2.30. The second-order valence-electron chi connectivity index (χ2n) is 10.7. The highest BCUT2D eigenvalue weighted by molar-refractivity contribution is 5.82. The van der Waals surface area contributed by atoms with Crippen LogP contribution in [0.5, 0.6) is 0 Å². The Hall–Kier alpha value is -3.21. The summed E-state index contributed by atoms with van der Waals surface area (Å²) in [5, 5.41) is 20.7. The summed E-state index contributed by atoms with van der Waals surface area (Å²) in [7, 11) is 0. The summed E-state index contributed by atoms with van der Waals surface area (Å²) in [4.78, 5) is 14.1. The average Bonchev–Trinajstić information content (AvgIpc) is 3.49. The molecule has 0 bridgehead atoms. The maximum Gasteiger partial charge on any atom is 0.313 e. The van der Waals surface area contributed by atoms with Gasteiger partial charge in [-0.2, -0.15) is 0 Å². The van der Waals surface area contributed by atoms with Gasteiger partial charge >= 0.3 is 5.97 Å². The first-order chi connectivity index (χ1) is 17.3. The van der Waals surface area contributed by atoms with Crippen LogP contribution in [0.3, 0.4) is 0 Å². The predicted molar refractivity (Wildman–Crippen MR) is 144 cm³/mol. The summed E-state index contributed by atoms with van der Waals surface area (Å²) in [6, 6.07) is 27.0. The van der Waals surface area contributed by atoms with Gasteiger partial charge in [-0.3, -0.25) is 4.79 Å². The molecule has 2 aliphatic rings. The van der Waals surface area contributed by atoms with Crippen molar-refractivity contribution in [3.63, 3.8) is 0 Å². The molecule has 36 heavy (non-hydrogen) atoms. The van der Waals surface area contributed by atoms with E-state index < -0.39 is 17.0 Å². The van der Waals surface area contributed by atoms with Crippen molar-refractivity contribution < 1.29 is 15.0 Å². The number of hydrogen-bond acceptors (Lipinski definition) is 3. The molecule has 4 nitrogen and oxygen atoms in total. The molecule has 2 N–H and O–H groups in total. The number of aliphatic hydroxyl groups is 1. The Morgan fingerprint density at radius 2 is 1.47 bits per heavy atom. The van der Waals surface area contributed by atoms with Gasteiger partial charge in [0.15, 0.2) is 0 Å². The molecule has 1 heterocycles. The highest BCUT2D eigenvalue weighted by Crippen LogP contribution is 2.52. The first kappa shape index (κ1) is 24.5. The lowest BCUT2D eigenvalue weighted by atomic mass is 9.85. The van der Waals surface area contributed by atoms with Crippen LogP contribution < -0.4 is 0 Å². The highest BCUT2D eigenvalue weighted by Gasteiger charge is 2.49. The molecule has 1 unspecified atom stereocenters. The molecule has 3 aromatic carbocycles. The summed E-state index contributed by atoms with van der Waals surface area (Å²) >= 11 is 0. The molecule has 1 saturated heterocycles. The summed E-state index contributed by atoms with van der Waals surface area (Å²) in [5.41, 5.74) is 6.20. The van der Waals surface area contributed by atoms with Gasteiger partial charge in [-0.05, 0) is 79.5 Å². The summed E-state index contributed by atoms with van der Waals surface area (Å²) in [6.07, 6.45) is 3.69. The molecule has 0 spiro atoms. The lowest BCUT2D eigenvalue weighted by Crippen LogP contribution is -2.32. The van der Waals surface area contributed by atoms with Gasteiger partial charge in [-0.1, -0.05) is 84.4 Å². The van der Waals surface area contributed by atoms with Crippen LogP contribution in [-0.4, -0.2) is 40.7 Å². The molecule has 1 aliphatic carbocycles. The maximum atomic E-state index is 11.6. The Labute approximate surface area is 213 Å². The van der Waals surface area contributed by atoms with Crippen LogP contribution in [0.2, 0.25) is 0 Å². The zero-order valence-corrected chi connectivity index (χ0v) is 21.2. The average molecular weight is 482 g/mol. The number of hydrogen-bond donors (Lipinski definition) is 2. The van der Waals surface area contributed by atoms with Gasteiger partial charge < -0.3 is 15.1 Å². The number of likely N-dealkylation sites (tertiary alicyclic amines) is 1. The molecule has 186 valence electrons. The van der Waals surface area contributed by atoms with Gasteiger partial charge in [0.1, 0.15) is 5.60 Å². The molecule has 1 aliphatic heterocycles. The van der Waals surface area contributed by atoms with Gasteiger partial charge in [0.05, 0.1) is 5.41 Å². The van der Waals surface area contributed by atoms with Gasteiger partial charge in [0.25, 0.3) is 0 Å². The molecule has 4 heteroatoms. The fourth-order valence-electron chi connectivity index (χ4n) is 5.58. The molecule has 5 rings (SSSR count). The van der Waals surface area contributed by atoms with Crippen molar-refractivity contribution >= 4 is 11.5 Å². The van der Waals surface area contributed by atoms with Crippen molar-refractivity contribution in [2.45, 2.75) is 50.5 Å². The molecular weight excluding hydrogens is 446 g/mol. The number of benzene rings is 3. The first-order valence-corrected chi connectivity index (χ1v) is 13.0. The second-order valence-corrected chi connectivity index (χ2v) is 10.7. The fraction of sp³-hybridized carbons (Fsp3) is 0.344. The largest absolute Gasteiger partial charge is 0.481 e. The normalized spacial score (nSPS) is 19.6. The number of carbonyl (C=O) groups is 1. The smallest absolute Gasteiger partial charge is 0.313 e. The molecule has 1 fully saturated rings. The Balaban J connectivity index is 1.20. The third-order valence-corrected chi connectivity index (χ3v) is 8.06. The minimum absolute atomic E-state index is 0.678. The summed E-state index contributed by atoms with van der Waals surface area (Å²) < 4.78 is 0. The highest BCUT2D eigenvalue weighted by atomic mass is 16.4. The number of aliphatic carboxylic acids is 1. The van der Waals surface area contributed by atoms with Crippen molar-refractivity contribution in [1.82, 2.24) is 4.90 Å². The van der Waals surface area contributed by atoms with Gasteiger partial charge in [0.2, 0.25) is 0 Å². The third-order valence-electron chi connectivity index (χ3n) is 8.06. The van der Waals surface area contributed by atoms with E-state index in [4.69, 9.17) is 0 Å². The van der Waals surface area contributed by atoms with Gasteiger partial charge in [-0.25, -0.2) is 0 Å². The molecule has 0 aromatic heterocycles. The van der Waals surface area contributed by atoms with E-state index in [9.17, 15) is 15.0 Å². The number of fused-ring (bicyclic) bond motifs is 1. The Kier molecular flexibility index (Phi) is 6.59. The van der Waals surface area contributed by atoms with Crippen LogP contribution in [0.4, 0.5) is 0 Å². The number of rotatable bonds is 8. The van der Waals surface area contributed by atoms with Crippen molar-refractivity contribution in [3.05, 3.63) is 112 Å². The molecule has 1 atom stereocenters. The quantitative estimate of drug-likeness (QED) is 0.416. The van der Waals surface area contributed by atoms with Crippen molar-refractivity contribution in [2.24, 2.45) is 0 Å². The van der Waals surface area contributed by atoms with Crippen molar-refractivity contribution in [3.8, 4) is 0 Å². The molecule has 0 amide bonds. The van der Waals surface area contributed by atoms with Crippen LogP contribution in [0, 0.1) is 0 Å². The van der Waals surface area contributed by atoms with E-state index in [1.807, 2.05) is 18.2 Å². The number of piperidine rings is 1. The number of carboxylic acid groups (broad SMARTS) is 1. The molecule has 0 saturated carbocycles. The Morgan fingerprint density at radius 3 is 2.03 bits per heavy atom. The topological polar surface area (TPSA) is 60.8 Å². The van der Waals surface area contributed by atoms with E-state index in [-0.39, 0.29) is 0 Å². The lowest BCUT2D eigenvalue weighted by molar-refractivity contribution is -0.142. The summed E-state index contributed by atoms with van der Waals surface area (Å²) in [5.74, 6) is -0.854. The van der Waals surface area contributed by atoms with E-state index in [2.05, 4.69) is 65.6 Å². The monoisotopic (exact) mass is 481 g/mol. The van der Waals surface area contributed by atoms with E-state index in [1.165, 1.54) is 22.3 Å². The zero-order valence-electron chi connectivity index (χ0n) is 21.2. The van der Waals surface area contributed by atoms with Crippen LogP contribution in [0.1, 0.15) is 67.3 Å². The molecule has 3 aromatic rings. The van der Waals surface area contributed by atoms with Crippen LogP contribution >= 0.6 is 0 Å². The van der Waals surface area contributed by atoms with Crippen molar-refractivity contribution in [1.29, 1.82) is 0 Å². The van der Waals surface area contributed by atoms with Gasteiger partial charge in [-0.15, -0.1) is 0 Å². The van der Waals surface area contributed by atoms with Gasteiger partial charge in [0, 0.05) is 13.1 Å². The molecular formula is C32H35NO3. The van der Waals surface area contributed by atoms with E-state index in [0.29, 0.717) is 6.42 Å². The zero-order chi connectivity index (χ0) is 25.3. The van der Waals surface area contributed by atoms with Crippen LogP contribution in [-0.2, 0) is 15.8 Å².